The van der Waals surface area contributed by atoms with Crippen LogP contribution in [0.25, 0.3) is 0 Å². The van der Waals surface area contributed by atoms with Crippen molar-refractivity contribution in [3.8, 4) is 0 Å². The van der Waals surface area contributed by atoms with E-state index in [1.165, 1.54) is 6.08 Å². The maximum atomic E-state index is 14.5. The van der Waals surface area contributed by atoms with Crippen molar-refractivity contribution in [2.75, 3.05) is 12.8 Å². The fourth-order valence-electron chi connectivity index (χ4n) is 3.41. The topological polar surface area (TPSA) is 66.5 Å². The molecular formula is C20H29FN2O3S. The van der Waals surface area contributed by atoms with Crippen LogP contribution in [0.15, 0.2) is 41.8 Å². The Balaban J connectivity index is 2.17. The molecule has 0 saturated carbocycles. The van der Waals surface area contributed by atoms with E-state index in [0.717, 1.165) is 17.2 Å². The number of nitrogens with zero attached hydrogens (tertiary/aromatic N) is 1. The Kier molecular flexibility index (Phi) is 6.68. The summed E-state index contributed by atoms with van der Waals surface area (Å²) in [6.45, 7) is 5.35. The molecular weight excluding hydrogens is 367 g/mol. The third-order valence-corrected chi connectivity index (χ3v) is 5.64. The maximum absolute atomic E-state index is 14.5. The standard InChI is InChI=1S/C20H29FN2O3S/c1-15(11-13-27(4,25)26)22-19(24)23-12-10-17(20(2,3)21)14-18(23)16-8-6-5-7-9-16/h5-9,11,13,15,17-18H,10,12,14H2,1-4H3,(H,22,24)/b13-11+/t15-,17-,18+/m0/s1. The summed E-state index contributed by atoms with van der Waals surface area (Å²) in [6.07, 6.45) is 3.69. The number of nitrogens with one attached hydrogen (secondary N) is 1. The average molecular weight is 397 g/mol. The van der Waals surface area contributed by atoms with Gasteiger partial charge in [0.25, 0.3) is 0 Å². The van der Waals surface area contributed by atoms with Crippen molar-refractivity contribution in [1.82, 2.24) is 10.2 Å². The van der Waals surface area contributed by atoms with Gasteiger partial charge in [-0.3, -0.25) is 0 Å². The van der Waals surface area contributed by atoms with Gasteiger partial charge in [0.15, 0.2) is 9.84 Å². The van der Waals surface area contributed by atoms with E-state index in [4.69, 9.17) is 0 Å². The summed E-state index contributed by atoms with van der Waals surface area (Å²) in [5.41, 5.74) is -0.331. The van der Waals surface area contributed by atoms with Crippen LogP contribution in [0.4, 0.5) is 9.18 Å². The Morgan fingerprint density at radius 1 is 1.33 bits per heavy atom. The number of hydrogen-bond donors (Lipinski definition) is 1. The Labute approximate surface area is 161 Å². The number of rotatable bonds is 5. The van der Waals surface area contributed by atoms with E-state index >= 15 is 0 Å². The Hall–Kier alpha value is -1.89. The number of benzene rings is 1. The lowest BCUT2D eigenvalue weighted by Crippen LogP contribution is -2.50. The van der Waals surface area contributed by atoms with Crippen molar-refractivity contribution in [2.45, 2.75) is 51.4 Å². The zero-order valence-electron chi connectivity index (χ0n) is 16.4. The van der Waals surface area contributed by atoms with Crippen molar-refractivity contribution in [2.24, 2.45) is 5.92 Å². The number of urea groups is 1. The molecule has 1 aromatic rings. The summed E-state index contributed by atoms with van der Waals surface area (Å²) < 4.78 is 37.0. The zero-order valence-corrected chi connectivity index (χ0v) is 17.2. The summed E-state index contributed by atoms with van der Waals surface area (Å²) in [4.78, 5) is 14.5. The number of carbonyl (C=O) groups is 1. The fourth-order valence-corrected chi connectivity index (χ4v) is 3.93. The van der Waals surface area contributed by atoms with Gasteiger partial charge < -0.3 is 10.2 Å². The van der Waals surface area contributed by atoms with E-state index in [1.807, 2.05) is 30.3 Å². The summed E-state index contributed by atoms with van der Waals surface area (Å²) in [6, 6.07) is 8.71. The van der Waals surface area contributed by atoms with Crippen LogP contribution in [0, 0.1) is 5.92 Å². The van der Waals surface area contributed by atoms with Crippen LogP contribution in [0.2, 0.25) is 0 Å². The van der Waals surface area contributed by atoms with Crippen LogP contribution in [-0.2, 0) is 9.84 Å². The normalized spacial score (nSPS) is 22.6. The maximum Gasteiger partial charge on any atom is 0.318 e. The Morgan fingerprint density at radius 3 is 2.52 bits per heavy atom. The molecule has 27 heavy (non-hydrogen) atoms. The Bertz CT molecular complexity index is 772. The molecule has 0 unspecified atom stereocenters. The second kappa shape index (κ2) is 8.42. The molecule has 2 rings (SSSR count). The van der Waals surface area contributed by atoms with Crippen molar-refractivity contribution in [3.05, 3.63) is 47.4 Å². The first-order chi connectivity index (χ1) is 12.5. The van der Waals surface area contributed by atoms with Gasteiger partial charge in [-0.25, -0.2) is 17.6 Å². The van der Waals surface area contributed by atoms with Crippen molar-refractivity contribution >= 4 is 15.9 Å². The van der Waals surface area contributed by atoms with Crippen LogP contribution < -0.4 is 5.32 Å². The van der Waals surface area contributed by atoms with E-state index in [2.05, 4.69) is 5.32 Å². The predicted octanol–water partition coefficient (Wildman–Crippen LogP) is 3.84. The predicted molar refractivity (Wildman–Crippen MR) is 106 cm³/mol. The summed E-state index contributed by atoms with van der Waals surface area (Å²) in [5.74, 6) is -0.130. The van der Waals surface area contributed by atoms with Crippen LogP contribution in [0.5, 0.6) is 0 Å². The highest BCUT2D eigenvalue weighted by Gasteiger charge is 2.39. The molecule has 1 N–H and O–H groups in total. The van der Waals surface area contributed by atoms with Crippen LogP contribution in [-0.4, -0.2) is 43.9 Å². The third-order valence-electron chi connectivity index (χ3n) is 4.98. The number of sulfone groups is 1. The Morgan fingerprint density at radius 2 is 1.96 bits per heavy atom. The zero-order chi connectivity index (χ0) is 20.2. The molecule has 0 bridgehead atoms. The highest BCUT2D eigenvalue weighted by molar-refractivity contribution is 7.93. The molecule has 0 spiro atoms. The second-order valence-corrected chi connectivity index (χ2v) is 9.73. The largest absolute Gasteiger partial charge is 0.332 e. The van der Waals surface area contributed by atoms with E-state index < -0.39 is 21.5 Å². The van der Waals surface area contributed by atoms with E-state index in [1.54, 1.807) is 25.7 Å². The number of halogens is 1. The number of hydrogen-bond acceptors (Lipinski definition) is 3. The van der Waals surface area contributed by atoms with Crippen LogP contribution in [0.3, 0.4) is 0 Å². The van der Waals surface area contributed by atoms with Gasteiger partial charge in [0.1, 0.15) is 5.67 Å². The quantitative estimate of drug-likeness (QED) is 0.822. The monoisotopic (exact) mass is 396 g/mol. The second-order valence-electron chi connectivity index (χ2n) is 7.80. The van der Waals surface area contributed by atoms with Gasteiger partial charge in [0.2, 0.25) is 0 Å². The molecule has 1 fully saturated rings. The third kappa shape index (κ3) is 6.34. The molecule has 2 amide bonds. The number of piperidine rings is 1. The van der Waals surface area contributed by atoms with E-state index in [-0.39, 0.29) is 18.0 Å². The minimum absolute atomic E-state index is 0.130. The van der Waals surface area contributed by atoms with Gasteiger partial charge in [0, 0.05) is 24.3 Å². The van der Waals surface area contributed by atoms with Crippen molar-refractivity contribution in [3.63, 3.8) is 0 Å². The van der Waals surface area contributed by atoms with Gasteiger partial charge in [-0.1, -0.05) is 36.4 Å². The van der Waals surface area contributed by atoms with Crippen molar-refractivity contribution in [1.29, 1.82) is 0 Å². The molecule has 1 aliphatic heterocycles. The molecule has 0 aliphatic carbocycles. The molecule has 3 atom stereocenters. The van der Waals surface area contributed by atoms with Crippen LogP contribution in [0.1, 0.15) is 45.2 Å². The fraction of sp³-hybridized carbons (Fsp3) is 0.550. The molecule has 0 radical (unpaired) electrons. The van der Waals surface area contributed by atoms with E-state index in [0.29, 0.717) is 19.4 Å². The lowest BCUT2D eigenvalue weighted by Gasteiger charge is -2.43. The molecule has 1 aromatic carbocycles. The van der Waals surface area contributed by atoms with Gasteiger partial charge in [-0.15, -0.1) is 0 Å². The van der Waals surface area contributed by atoms with E-state index in [9.17, 15) is 17.6 Å². The summed E-state index contributed by atoms with van der Waals surface area (Å²) >= 11 is 0. The molecule has 0 aromatic heterocycles. The van der Waals surface area contributed by atoms with Gasteiger partial charge in [-0.05, 0) is 45.1 Å². The minimum atomic E-state index is -3.24. The lowest BCUT2D eigenvalue weighted by molar-refractivity contribution is 0.0436. The first kappa shape index (κ1) is 21.4. The molecule has 1 aliphatic rings. The molecule has 1 saturated heterocycles. The minimum Gasteiger partial charge on any atom is -0.332 e. The first-order valence-electron chi connectivity index (χ1n) is 9.16. The van der Waals surface area contributed by atoms with Gasteiger partial charge >= 0.3 is 6.03 Å². The number of likely N-dealkylation sites (tertiary alicyclic amines) is 1. The average Bonchev–Trinajstić information content (AvgIpc) is 2.59. The smallest absolute Gasteiger partial charge is 0.318 e. The summed E-state index contributed by atoms with van der Waals surface area (Å²) in [5, 5.41) is 3.91. The highest BCUT2D eigenvalue weighted by Crippen LogP contribution is 2.40. The van der Waals surface area contributed by atoms with Gasteiger partial charge in [0.05, 0.1) is 6.04 Å². The SMILES string of the molecule is C[C@@H](/C=C/S(C)(=O)=O)NC(=O)N1CC[C@H](C(C)(C)F)C[C@@H]1c1ccccc1. The number of amides is 2. The highest BCUT2D eigenvalue weighted by atomic mass is 32.2. The van der Waals surface area contributed by atoms with Gasteiger partial charge in [-0.2, -0.15) is 0 Å². The molecule has 5 nitrogen and oxygen atoms in total. The van der Waals surface area contributed by atoms with Crippen molar-refractivity contribution < 1.29 is 17.6 Å². The molecule has 150 valence electrons. The first-order valence-corrected chi connectivity index (χ1v) is 11.1. The molecule has 7 heteroatoms. The number of carbonyl (C=O) groups excluding carboxylic acids is 1. The summed E-state index contributed by atoms with van der Waals surface area (Å²) in [7, 11) is -3.24. The van der Waals surface area contributed by atoms with Crippen LogP contribution >= 0.6 is 0 Å². The number of alkyl halides is 1. The molecule has 1 heterocycles. The lowest BCUT2D eigenvalue weighted by atomic mass is 9.79.